The summed E-state index contributed by atoms with van der Waals surface area (Å²) in [6.07, 6.45) is 5.56. The molecule has 0 saturated carbocycles. The Kier molecular flexibility index (Phi) is 2.76. The summed E-state index contributed by atoms with van der Waals surface area (Å²) < 4.78 is 24.2. The maximum absolute atomic E-state index is 11.3. The minimum Gasteiger partial charge on any atom is -0.212 e. The zero-order valence-corrected chi connectivity index (χ0v) is 7.97. The predicted molar refractivity (Wildman–Crippen MR) is 48.0 cm³/mol. The van der Waals surface area contributed by atoms with Gasteiger partial charge in [-0.05, 0) is 5.92 Å². The first-order valence-corrected chi connectivity index (χ1v) is 5.58. The van der Waals surface area contributed by atoms with E-state index in [9.17, 15) is 8.42 Å². The first kappa shape index (κ1) is 9.56. The van der Waals surface area contributed by atoms with E-state index in [0.717, 1.165) is 0 Å². The molecule has 0 aliphatic carbocycles. The van der Waals surface area contributed by atoms with Gasteiger partial charge in [0.2, 0.25) is 10.0 Å². The van der Waals surface area contributed by atoms with Crippen molar-refractivity contribution < 1.29 is 8.42 Å². The largest absolute Gasteiger partial charge is 0.214 e. The molecular formula is C8H13NO2S. The molecule has 0 aromatic carbocycles. The molecule has 1 aliphatic rings. The van der Waals surface area contributed by atoms with E-state index in [2.05, 4.69) is 5.92 Å². The fourth-order valence-electron chi connectivity index (χ4n) is 1.40. The summed E-state index contributed by atoms with van der Waals surface area (Å²) in [7, 11) is -2.97. The third-order valence-corrected chi connectivity index (χ3v) is 4.02. The number of terminal acetylenes is 1. The molecule has 0 aromatic heterocycles. The van der Waals surface area contributed by atoms with Crippen LogP contribution >= 0.6 is 0 Å². The van der Waals surface area contributed by atoms with Crippen molar-refractivity contribution in [2.45, 2.75) is 13.3 Å². The second-order valence-electron chi connectivity index (χ2n) is 3.20. The van der Waals surface area contributed by atoms with Gasteiger partial charge in [0.15, 0.2) is 0 Å². The average Bonchev–Trinajstić information content (AvgIpc) is 2.20. The quantitative estimate of drug-likeness (QED) is 0.583. The molecule has 0 radical (unpaired) electrons. The molecule has 1 unspecified atom stereocenters. The molecule has 68 valence electrons. The Balaban J connectivity index is 2.61. The molecule has 0 bridgehead atoms. The number of rotatable bonds is 2. The molecule has 0 aromatic rings. The Morgan fingerprint density at radius 1 is 1.67 bits per heavy atom. The smallest absolute Gasteiger partial charge is 0.212 e. The number of nitrogens with zero attached hydrogens (tertiary/aromatic N) is 1. The molecule has 1 fully saturated rings. The summed E-state index contributed by atoms with van der Waals surface area (Å²) in [5.41, 5.74) is 0. The Labute approximate surface area is 73.8 Å². The van der Waals surface area contributed by atoms with Gasteiger partial charge in [0, 0.05) is 19.5 Å². The highest BCUT2D eigenvalue weighted by Gasteiger charge is 2.32. The van der Waals surface area contributed by atoms with Crippen molar-refractivity contribution in [1.82, 2.24) is 4.31 Å². The van der Waals surface area contributed by atoms with Gasteiger partial charge in [-0.1, -0.05) is 6.92 Å². The molecule has 1 heterocycles. The standard InChI is InChI=1S/C8H13NO2S/c1-3-4-5-9-6-8(2)7-12(9,10)11/h1,8H,4-7H2,2H3. The molecule has 0 N–H and O–H groups in total. The van der Waals surface area contributed by atoms with Crippen molar-refractivity contribution in [1.29, 1.82) is 0 Å². The minimum absolute atomic E-state index is 0.243. The summed E-state index contributed by atoms with van der Waals surface area (Å²) in [6.45, 7) is 3.04. The zero-order valence-electron chi connectivity index (χ0n) is 7.16. The average molecular weight is 187 g/mol. The van der Waals surface area contributed by atoms with Gasteiger partial charge in [0.05, 0.1) is 5.75 Å². The predicted octanol–water partition coefficient (Wildman–Crippen LogP) is 0.291. The maximum Gasteiger partial charge on any atom is 0.214 e. The van der Waals surface area contributed by atoms with E-state index >= 15 is 0 Å². The number of hydrogen-bond donors (Lipinski definition) is 0. The van der Waals surface area contributed by atoms with Gasteiger partial charge >= 0.3 is 0 Å². The molecule has 1 atom stereocenters. The van der Waals surface area contributed by atoms with E-state index in [1.165, 1.54) is 4.31 Å². The Morgan fingerprint density at radius 3 is 2.75 bits per heavy atom. The topological polar surface area (TPSA) is 37.4 Å². The Bertz CT molecular complexity index is 289. The van der Waals surface area contributed by atoms with Crippen molar-refractivity contribution in [3.8, 4) is 12.3 Å². The minimum atomic E-state index is -2.97. The lowest BCUT2D eigenvalue weighted by atomic mass is 10.2. The van der Waals surface area contributed by atoms with E-state index in [4.69, 9.17) is 6.42 Å². The monoisotopic (exact) mass is 187 g/mol. The second-order valence-corrected chi connectivity index (χ2v) is 5.21. The van der Waals surface area contributed by atoms with Crippen molar-refractivity contribution >= 4 is 10.0 Å². The van der Waals surface area contributed by atoms with Crippen molar-refractivity contribution in [2.24, 2.45) is 5.92 Å². The second kappa shape index (κ2) is 3.46. The van der Waals surface area contributed by atoms with Gasteiger partial charge in [-0.2, -0.15) is 0 Å². The van der Waals surface area contributed by atoms with Crippen LogP contribution in [0.25, 0.3) is 0 Å². The molecule has 0 amide bonds. The molecule has 1 saturated heterocycles. The van der Waals surface area contributed by atoms with Gasteiger partial charge in [-0.25, -0.2) is 12.7 Å². The molecular weight excluding hydrogens is 174 g/mol. The molecule has 1 rings (SSSR count). The van der Waals surface area contributed by atoms with Crippen LogP contribution in [-0.2, 0) is 10.0 Å². The number of sulfonamides is 1. The van der Waals surface area contributed by atoms with Crippen LogP contribution in [0.2, 0.25) is 0 Å². The van der Waals surface area contributed by atoms with Crippen LogP contribution in [0.1, 0.15) is 13.3 Å². The molecule has 12 heavy (non-hydrogen) atoms. The van der Waals surface area contributed by atoms with E-state index < -0.39 is 10.0 Å². The lowest BCUT2D eigenvalue weighted by Gasteiger charge is -2.11. The summed E-state index contributed by atoms with van der Waals surface area (Å²) in [5, 5.41) is 0. The van der Waals surface area contributed by atoms with Crippen LogP contribution in [0, 0.1) is 18.3 Å². The molecule has 3 nitrogen and oxygen atoms in total. The van der Waals surface area contributed by atoms with E-state index in [-0.39, 0.29) is 11.7 Å². The third-order valence-electron chi connectivity index (χ3n) is 1.91. The van der Waals surface area contributed by atoms with Gasteiger partial charge < -0.3 is 0 Å². The fraction of sp³-hybridized carbons (Fsp3) is 0.750. The molecule has 0 spiro atoms. The molecule has 4 heteroatoms. The van der Waals surface area contributed by atoms with Crippen LogP contribution < -0.4 is 0 Å². The van der Waals surface area contributed by atoms with Crippen LogP contribution in [0.5, 0.6) is 0 Å². The normalized spacial score (nSPS) is 28.5. The Hall–Kier alpha value is -0.530. The van der Waals surface area contributed by atoms with E-state index in [1.807, 2.05) is 6.92 Å². The summed E-state index contributed by atoms with van der Waals surface area (Å²) in [5.74, 6) is 2.96. The highest BCUT2D eigenvalue weighted by atomic mass is 32.2. The van der Waals surface area contributed by atoms with Crippen LogP contribution in [-0.4, -0.2) is 31.6 Å². The highest BCUT2D eigenvalue weighted by Crippen LogP contribution is 2.18. The lowest BCUT2D eigenvalue weighted by molar-refractivity contribution is 0.421. The fourth-order valence-corrected chi connectivity index (χ4v) is 3.28. The van der Waals surface area contributed by atoms with Gasteiger partial charge in [-0.3, -0.25) is 0 Å². The van der Waals surface area contributed by atoms with Crippen molar-refractivity contribution in [2.75, 3.05) is 18.8 Å². The van der Waals surface area contributed by atoms with E-state index in [1.54, 1.807) is 0 Å². The number of hydrogen-bond acceptors (Lipinski definition) is 2. The van der Waals surface area contributed by atoms with E-state index in [0.29, 0.717) is 19.5 Å². The third kappa shape index (κ3) is 1.99. The highest BCUT2D eigenvalue weighted by molar-refractivity contribution is 7.89. The summed E-state index contributed by atoms with van der Waals surface area (Å²) >= 11 is 0. The van der Waals surface area contributed by atoms with Crippen LogP contribution in [0.3, 0.4) is 0 Å². The van der Waals surface area contributed by atoms with Crippen LogP contribution in [0.15, 0.2) is 0 Å². The Morgan fingerprint density at radius 2 is 2.33 bits per heavy atom. The zero-order chi connectivity index (χ0) is 9.19. The maximum atomic E-state index is 11.3. The lowest BCUT2D eigenvalue weighted by Crippen LogP contribution is -2.26. The van der Waals surface area contributed by atoms with Gasteiger partial charge in [0.25, 0.3) is 0 Å². The first-order chi connectivity index (χ1) is 5.56. The van der Waals surface area contributed by atoms with Crippen molar-refractivity contribution in [3.63, 3.8) is 0 Å². The van der Waals surface area contributed by atoms with Gasteiger partial charge in [0.1, 0.15) is 0 Å². The molecule has 1 aliphatic heterocycles. The summed E-state index contributed by atoms with van der Waals surface area (Å²) in [6, 6.07) is 0. The van der Waals surface area contributed by atoms with Gasteiger partial charge in [-0.15, -0.1) is 12.3 Å². The van der Waals surface area contributed by atoms with Crippen LogP contribution in [0.4, 0.5) is 0 Å². The van der Waals surface area contributed by atoms with Crippen molar-refractivity contribution in [3.05, 3.63) is 0 Å². The summed E-state index contributed by atoms with van der Waals surface area (Å²) in [4.78, 5) is 0. The first-order valence-electron chi connectivity index (χ1n) is 3.97. The SMILES string of the molecule is C#CCCN1CC(C)CS1(=O)=O.